The van der Waals surface area contributed by atoms with E-state index in [4.69, 9.17) is 4.74 Å². The van der Waals surface area contributed by atoms with Gasteiger partial charge in [0.15, 0.2) is 0 Å². The van der Waals surface area contributed by atoms with E-state index in [1.54, 1.807) is 18.0 Å². The van der Waals surface area contributed by atoms with Crippen molar-refractivity contribution >= 4 is 22.4 Å². The molecular weight excluding hydrogens is 342 g/mol. The second kappa shape index (κ2) is 8.14. The van der Waals surface area contributed by atoms with Crippen molar-refractivity contribution in [3.8, 4) is 0 Å². The highest BCUT2D eigenvalue weighted by Crippen LogP contribution is 2.26. The van der Waals surface area contributed by atoms with Gasteiger partial charge in [0.2, 0.25) is 0 Å². The number of rotatable bonds is 5. The number of nitrogens with one attached hydrogen (secondary N) is 1. The molecule has 1 aromatic heterocycles. The number of carbonyl (C=O) groups is 1. The first-order chi connectivity index (χ1) is 11.7. The number of nitro groups is 1. The molecule has 8 heteroatoms. The van der Waals surface area contributed by atoms with E-state index < -0.39 is 5.60 Å². The number of thiophene rings is 1. The Hall–Kier alpha value is -1.67. The fraction of sp³-hybridized carbons (Fsp3) is 0.706. The minimum Gasteiger partial charge on any atom is -0.444 e. The molecule has 1 heterocycles. The van der Waals surface area contributed by atoms with Crippen LogP contribution in [-0.4, -0.2) is 40.6 Å². The average Bonchev–Trinajstić information content (AvgIpc) is 3.00. The van der Waals surface area contributed by atoms with Crippen molar-refractivity contribution in [2.24, 2.45) is 0 Å². The number of hydrogen-bond donors (Lipinski definition) is 1. The molecule has 2 rings (SSSR count). The van der Waals surface area contributed by atoms with Crippen LogP contribution in [-0.2, 0) is 11.3 Å². The quantitative estimate of drug-likeness (QED) is 0.628. The average molecular weight is 369 g/mol. The van der Waals surface area contributed by atoms with Crippen LogP contribution in [0.2, 0.25) is 0 Å². The number of nitrogens with zero attached hydrogens (tertiary/aromatic N) is 2. The van der Waals surface area contributed by atoms with E-state index >= 15 is 0 Å². The van der Waals surface area contributed by atoms with Crippen LogP contribution in [0.5, 0.6) is 0 Å². The Labute approximate surface area is 152 Å². The summed E-state index contributed by atoms with van der Waals surface area (Å²) in [5, 5.41) is 16.2. The molecule has 0 atom stereocenters. The summed E-state index contributed by atoms with van der Waals surface area (Å²) in [4.78, 5) is 24.2. The molecule has 7 nitrogen and oxygen atoms in total. The molecule has 1 saturated carbocycles. The zero-order valence-corrected chi connectivity index (χ0v) is 16.1. The molecule has 0 aromatic carbocycles. The normalized spacial score (nSPS) is 21.0. The molecule has 0 saturated heterocycles. The standard InChI is InChI=1S/C17H27N3O4S/c1-17(2,3)24-16(21)19(4)14-7-5-13(6-8-14)18-10-12-9-15(20(22)23)25-11-12/h9,11,13-14,18H,5-8,10H2,1-4H3. The summed E-state index contributed by atoms with van der Waals surface area (Å²) in [6.45, 7) is 6.25. The van der Waals surface area contributed by atoms with Crippen molar-refractivity contribution in [3.05, 3.63) is 27.1 Å². The van der Waals surface area contributed by atoms with Gasteiger partial charge in [-0.1, -0.05) is 11.3 Å². The summed E-state index contributed by atoms with van der Waals surface area (Å²) in [5.41, 5.74) is 0.470. The fourth-order valence-corrected chi connectivity index (χ4v) is 3.69. The Balaban J connectivity index is 1.75. The Morgan fingerprint density at radius 3 is 2.56 bits per heavy atom. The third kappa shape index (κ3) is 5.97. The van der Waals surface area contributed by atoms with Gasteiger partial charge in [-0.15, -0.1) is 0 Å². The van der Waals surface area contributed by atoms with Gasteiger partial charge in [0.25, 0.3) is 0 Å². The molecule has 0 radical (unpaired) electrons. The van der Waals surface area contributed by atoms with E-state index in [-0.39, 0.29) is 22.1 Å². The Morgan fingerprint density at radius 1 is 1.40 bits per heavy atom. The van der Waals surface area contributed by atoms with Crippen molar-refractivity contribution in [3.63, 3.8) is 0 Å². The molecule has 1 aliphatic rings. The highest BCUT2D eigenvalue weighted by atomic mass is 32.1. The molecule has 0 bridgehead atoms. The predicted octanol–water partition coefficient (Wildman–Crippen LogP) is 3.92. The minimum atomic E-state index is -0.479. The molecule has 1 aromatic rings. The number of hydrogen-bond acceptors (Lipinski definition) is 6. The Kier molecular flexibility index (Phi) is 6.40. The molecule has 140 valence electrons. The summed E-state index contributed by atoms with van der Waals surface area (Å²) >= 11 is 1.16. The first-order valence-electron chi connectivity index (χ1n) is 8.56. The van der Waals surface area contributed by atoms with Crippen LogP contribution < -0.4 is 5.32 Å². The number of ether oxygens (including phenoxy) is 1. The molecule has 1 aliphatic carbocycles. The van der Waals surface area contributed by atoms with Crippen LogP contribution in [0.1, 0.15) is 52.0 Å². The second-order valence-corrected chi connectivity index (χ2v) is 8.42. The van der Waals surface area contributed by atoms with Crippen LogP contribution in [0.25, 0.3) is 0 Å². The van der Waals surface area contributed by atoms with Crippen LogP contribution >= 0.6 is 11.3 Å². The molecule has 0 spiro atoms. The van der Waals surface area contributed by atoms with Gasteiger partial charge in [-0.25, -0.2) is 4.79 Å². The van der Waals surface area contributed by atoms with Crippen LogP contribution in [0.15, 0.2) is 11.4 Å². The Bertz CT molecular complexity index is 603. The second-order valence-electron chi connectivity index (χ2n) is 7.53. The maximum Gasteiger partial charge on any atom is 0.410 e. The monoisotopic (exact) mass is 369 g/mol. The van der Waals surface area contributed by atoms with Gasteiger partial charge < -0.3 is 15.0 Å². The highest BCUT2D eigenvalue weighted by molar-refractivity contribution is 7.13. The summed E-state index contributed by atoms with van der Waals surface area (Å²) in [6, 6.07) is 2.21. The lowest BCUT2D eigenvalue weighted by Gasteiger charge is -2.35. The van der Waals surface area contributed by atoms with Crippen molar-refractivity contribution in [2.45, 2.75) is 70.7 Å². The lowest BCUT2D eigenvalue weighted by molar-refractivity contribution is -0.380. The van der Waals surface area contributed by atoms with Crippen molar-refractivity contribution < 1.29 is 14.5 Å². The topological polar surface area (TPSA) is 84.7 Å². The maximum absolute atomic E-state index is 12.1. The van der Waals surface area contributed by atoms with Gasteiger partial charge in [-0.05, 0) is 52.0 Å². The molecule has 0 aliphatic heterocycles. The van der Waals surface area contributed by atoms with Gasteiger partial charge in [-0.2, -0.15) is 0 Å². The number of amides is 1. The summed E-state index contributed by atoms with van der Waals surface area (Å²) < 4.78 is 5.42. The first kappa shape index (κ1) is 19.7. The van der Waals surface area contributed by atoms with E-state index in [0.717, 1.165) is 42.6 Å². The molecule has 0 unspecified atom stereocenters. The smallest absolute Gasteiger partial charge is 0.410 e. The van der Waals surface area contributed by atoms with E-state index in [1.165, 1.54) is 0 Å². The summed E-state index contributed by atoms with van der Waals surface area (Å²) in [5.74, 6) is 0. The summed E-state index contributed by atoms with van der Waals surface area (Å²) in [6.07, 6.45) is 3.54. The van der Waals surface area contributed by atoms with E-state index in [0.29, 0.717) is 12.6 Å². The van der Waals surface area contributed by atoms with Crippen LogP contribution in [0.3, 0.4) is 0 Å². The molecule has 1 N–H and O–H groups in total. The molecular formula is C17H27N3O4S. The first-order valence-corrected chi connectivity index (χ1v) is 9.44. The van der Waals surface area contributed by atoms with Crippen LogP contribution in [0, 0.1) is 10.1 Å². The highest BCUT2D eigenvalue weighted by Gasteiger charge is 2.29. The lowest BCUT2D eigenvalue weighted by atomic mass is 9.90. The van der Waals surface area contributed by atoms with Gasteiger partial charge in [-0.3, -0.25) is 10.1 Å². The van der Waals surface area contributed by atoms with Gasteiger partial charge in [0.05, 0.1) is 4.92 Å². The fourth-order valence-electron chi connectivity index (χ4n) is 2.96. The number of carbonyl (C=O) groups excluding carboxylic acids is 1. The van der Waals surface area contributed by atoms with Crippen LogP contribution in [0.4, 0.5) is 9.80 Å². The van der Waals surface area contributed by atoms with Crippen molar-refractivity contribution in [2.75, 3.05) is 7.05 Å². The SMILES string of the molecule is CN(C(=O)OC(C)(C)C)C1CCC(NCc2csc([N+](=O)[O-])c2)CC1. The van der Waals surface area contributed by atoms with Gasteiger partial charge in [0.1, 0.15) is 5.60 Å². The molecule has 1 fully saturated rings. The van der Waals surface area contributed by atoms with Crippen molar-refractivity contribution in [1.82, 2.24) is 10.2 Å². The third-order valence-electron chi connectivity index (χ3n) is 4.34. The van der Waals surface area contributed by atoms with Crippen molar-refractivity contribution in [1.29, 1.82) is 0 Å². The summed E-state index contributed by atoms with van der Waals surface area (Å²) in [7, 11) is 1.80. The minimum absolute atomic E-state index is 0.180. The van der Waals surface area contributed by atoms with E-state index in [9.17, 15) is 14.9 Å². The molecule has 1 amide bonds. The largest absolute Gasteiger partial charge is 0.444 e. The molecule has 25 heavy (non-hydrogen) atoms. The zero-order chi connectivity index (χ0) is 18.6. The maximum atomic E-state index is 12.1. The van der Waals surface area contributed by atoms with Gasteiger partial charge in [0, 0.05) is 37.1 Å². The Morgan fingerprint density at radius 2 is 2.04 bits per heavy atom. The zero-order valence-electron chi connectivity index (χ0n) is 15.3. The van der Waals surface area contributed by atoms with Gasteiger partial charge >= 0.3 is 11.1 Å². The van der Waals surface area contributed by atoms with E-state index in [2.05, 4.69) is 5.32 Å². The van der Waals surface area contributed by atoms with E-state index in [1.807, 2.05) is 26.2 Å². The lowest BCUT2D eigenvalue weighted by Crippen LogP contribution is -2.44. The third-order valence-corrected chi connectivity index (χ3v) is 5.27. The predicted molar refractivity (Wildman–Crippen MR) is 97.9 cm³/mol.